The van der Waals surface area contributed by atoms with Gasteiger partial charge in [0.2, 0.25) is 0 Å². The third kappa shape index (κ3) is 1.89. The number of halogens is 1. The molecule has 0 unspecified atom stereocenters. The lowest BCUT2D eigenvalue weighted by molar-refractivity contribution is 0.636. The van der Waals surface area contributed by atoms with Gasteiger partial charge in [-0.25, -0.2) is 14.4 Å². The minimum absolute atomic E-state index is 0.0223. The first-order chi connectivity index (χ1) is 11.5. The van der Waals surface area contributed by atoms with Crippen LogP contribution in [0, 0.1) is 19.7 Å². The van der Waals surface area contributed by atoms with Gasteiger partial charge in [0.1, 0.15) is 28.4 Å². The van der Waals surface area contributed by atoms with E-state index in [2.05, 4.69) is 25.1 Å². The van der Waals surface area contributed by atoms with Gasteiger partial charge in [0.25, 0.3) is 5.56 Å². The molecule has 120 valence electrons. The summed E-state index contributed by atoms with van der Waals surface area (Å²) in [4.78, 5) is 23.7. The Morgan fingerprint density at radius 3 is 2.75 bits per heavy atom. The predicted molar refractivity (Wildman–Crippen MR) is 89.1 cm³/mol. The van der Waals surface area contributed by atoms with Gasteiger partial charge in [-0.3, -0.25) is 9.89 Å². The molecule has 0 bridgehead atoms. The molecule has 0 radical (unpaired) electrons. The molecule has 24 heavy (non-hydrogen) atoms. The molecule has 0 atom stereocenters. The molecule has 1 aromatic carbocycles. The SMILES string of the molecule is Cc1nc(C)c2[nH]c(=O)c(N)c(-c3ccc(F)c4[nH]ncc34)c2n1. The van der Waals surface area contributed by atoms with E-state index in [0.29, 0.717) is 39.1 Å². The van der Waals surface area contributed by atoms with Crippen LogP contribution >= 0.6 is 0 Å². The van der Waals surface area contributed by atoms with Crippen molar-refractivity contribution >= 4 is 27.6 Å². The largest absolute Gasteiger partial charge is 0.394 e. The van der Waals surface area contributed by atoms with Crippen LogP contribution in [0.25, 0.3) is 33.1 Å². The quantitative estimate of drug-likeness (QED) is 0.497. The second kappa shape index (κ2) is 4.85. The summed E-state index contributed by atoms with van der Waals surface area (Å²) in [5, 5.41) is 7.04. The number of hydrogen-bond acceptors (Lipinski definition) is 5. The first kappa shape index (κ1) is 14.3. The van der Waals surface area contributed by atoms with E-state index in [4.69, 9.17) is 5.73 Å². The Balaban J connectivity index is 2.24. The van der Waals surface area contributed by atoms with Crippen molar-refractivity contribution in [1.82, 2.24) is 25.1 Å². The number of hydrogen-bond donors (Lipinski definition) is 3. The summed E-state index contributed by atoms with van der Waals surface area (Å²) in [6.07, 6.45) is 1.50. The fourth-order valence-corrected chi connectivity index (χ4v) is 2.96. The Kier molecular flexibility index (Phi) is 2.89. The number of H-pyrrole nitrogens is 2. The lowest BCUT2D eigenvalue weighted by Gasteiger charge is -2.12. The standard InChI is InChI=1S/C16H13FN6O/c1-6-13-15(21-7(2)20-6)11(12(18)16(24)22-13)8-3-4-10(17)14-9(8)5-19-23-14/h3-5H,18H2,1-2H3,(H,19,23)(H,22,24). The molecule has 0 aliphatic carbocycles. The number of nitrogens with zero attached hydrogens (tertiary/aromatic N) is 3. The number of benzene rings is 1. The molecule has 0 amide bonds. The second-order valence-electron chi connectivity index (χ2n) is 5.58. The Hall–Kier alpha value is -3.29. The van der Waals surface area contributed by atoms with Crippen molar-refractivity contribution in [3.8, 4) is 11.1 Å². The Labute approximate surface area is 134 Å². The van der Waals surface area contributed by atoms with Crippen LogP contribution in [0.4, 0.5) is 10.1 Å². The van der Waals surface area contributed by atoms with E-state index in [0.717, 1.165) is 0 Å². The minimum Gasteiger partial charge on any atom is -0.394 e. The Bertz CT molecular complexity index is 1180. The summed E-state index contributed by atoms with van der Waals surface area (Å²) in [5.41, 5.74) is 8.60. The van der Waals surface area contributed by atoms with E-state index in [1.165, 1.54) is 12.3 Å². The highest BCUT2D eigenvalue weighted by Gasteiger charge is 2.19. The molecule has 3 heterocycles. The van der Waals surface area contributed by atoms with Gasteiger partial charge in [-0.2, -0.15) is 5.10 Å². The zero-order chi connectivity index (χ0) is 17.0. The molecule has 0 fully saturated rings. The summed E-state index contributed by atoms with van der Waals surface area (Å²) in [6, 6.07) is 2.88. The first-order valence-corrected chi connectivity index (χ1v) is 7.26. The molecule has 3 aromatic heterocycles. The summed E-state index contributed by atoms with van der Waals surface area (Å²) in [7, 11) is 0. The van der Waals surface area contributed by atoms with Crippen molar-refractivity contribution in [2.24, 2.45) is 0 Å². The molecular weight excluding hydrogens is 311 g/mol. The van der Waals surface area contributed by atoms with Gasteiger partial charge in [-0.1, -0.05) is 6.07 Å². The van der Waals surface area contributed by atoms with Crippen molar-refractivity contribution < 1.29 is 4.39 Å². The number of nitrogens with two attached hydrogens (primary N) is 1. The molecule has 0 aliphatic rings. The summed E-state index contributed by atoms with van der Waals surface area (Å²) in [6.45, 7) is 3.54. The summed E-state index contributed by atoms with van der Waals surface area (Å²) in [5.74, 6) is 0.124. The van der Waals surface area contributed by atoms with Gasteiger partial charge in [0, 0.05) is 10.9 Å². The Morgan fingerprint density at radius 2 is 1.96 bits per heavy atom. The van der Waals surface area contributed by atoms with Crippen LogP contribution in [-0.4, -0.2) is 25.1 Å². The predicted octanol–water partition coefficient (Wildman–Crippen LogP) is 2.20. The number of aromatic nitrogens is 5. The van der Waals surface area contributed by atoms with Crippen LogP contribution in [0.2, 0.25) is 0 Å². The number of aryl methyl sites for hydroxylation is 2. The van der Waals surface area contributed by atoms with Crippen molar-refractivity contribution in [3.05, 3.63) is 46.0 Å². The highest BCUT2D eigenvalue weighted by molar-refractivity contribution is 6.06. The van der Waals surface area contributed by atoms with Crippen molar-refractivity contribution in [2.75, 3.05) is 5.73 Å². The van der Waals surface area contributed by atoms with Gasteiger partial charge in [0.15, 0.2) is 0 Å². The first-order valence-electron chi connectivity index (χ1n) is 7.26. The maximum atomic E-state index is 13.9. The molecule has 0 saturated carbocycles. The van der Waals surface area contributed by atoms with Crippen LogP contribution in [0.15, 0.2) is 23.1 Å². The average molecular weight is 324 g/mol. The van der Waals surface area contributed by atoms with E-state index >= 15 is 0 Å². The lowest BCUT2D eigenvalue weighted by atomic mass is 9.99. The zero-order valence-corrected chi connectivity index (χ0v) is 12.9. The van der Waals surface area contributed by atoms with Gasteiger partial charge in [-0.05, 0) is 25.5 Å². The molecule has 4 aromatic rings. The minimum atomic E-state index is -0.436. The maximum absolute atomic E-state index is 13.9. The smallest absolute Gasteiger partial charge is 0.272 e. The molecule has 0 aliphatic heterocycles. The van der Waals surface area contributed by atoms with Gasteiger partial charge in [0.05, 0.1) is 17.4 Å². The summed E-state index contributed by atoms with van der Waals surface area (Å²) < 4.78 is 13.9. The van der Waals surface area contributed by atoms with E-state index in [1.54, 1.807) is 19.9 Å². The molecule has 0 saturated heterocycles. The topological polar surface area (TPSA) is 113 Å². The zero-order valence-electron chi connectivity index (χ0n) is 12.9. The molecule has 7 nitrogen and oxygen atoms in total. The molecule has 0 spiro atoms. The van der Waals surface area contributed by atoms with Crippen LogP contribution in [0.3, 0.4) is 0 Å². The maximum Gasteiger partial charge on any atom is 0.272 e. The monoisotopic (exact) mass is 324 g/mol. The Morgan fingerprint density at radius 1 is 1.17 bits per heavy atom. The number of pyridine rings is 1. The fourth-order valence-electron chi connectivity index (χ4n) is 2.96. The molecule has 8 heteroatoms. The van der Waals surface area contributed by atoms with Crippen molar-refractivity contribution in [2.45, 2.75) is 13.8 Å². The van der Waals surface area contributed by atoms with Crippen LogP contribution in [0.1, 0.15) is 11.5 Å². The van der Waals surface area contributed by atoms with E-state index in [9.17, 15) is 9.18 Å². The number of fused-ring (bicyclic) bond motifs is 2. The number of anilines is 1. The number of nitrogen functional groups attached to an aromatic ring is 1. The van der Waals surface area contributed by atoms with Gasteiger partial charge >= 0.3 is 0 Å². The second-order valence-corrected chi connectivity index (χ2v) is 5.58. The van der Waals surface area contributed by atoms with E-state index in [1.807, 2.05) is 0 Å². The van der Waals surface area contributed by atoms with E-state index in [-0.39, 0.29) is 11.2 Å². The average Bonchev–Trinajstić information content (AvgIpc) is 3.02. The van der Waals surface area contributed by atoms with Crippen molar-refractivity contribution in [3.63, 3.8) is 0 Å². The third-order valence-corrected chi connectivity index (χ3v) is 4.03. The number of aromatic amines is 2. The lowest BCUT2D eigenvalue weighted by Crippen LogP contribution is -2.15. The van der Waals surface area contributed by atoms with Crippen LogP contribution < -0.4 is 11.3 Å². The molecular formula is C16H13FN6O. The van der Waals surface area contributed by atoms with Gasteiger partial charge < -0.3 is 10.7 Å². The third-order valence-electron chi connectivity index (χ3n) is 4.03. The normalized spacial score (nSPS) is 11.5. The molecule has 4 rings (SSSR count). The van der Waals surface area contributed by atoms with Crippen LogP contribution in [0.5, 0.6) is 0 Å². The number of nitrogens with one attached hydrogen (secondary N) is 2. The fraction of sp³-hybridized carbons (Fsp3) is 0.125. The van der Waals surface area contributed by atoms with Gasteiger partial charge in [-0.15, -0.1) is 0 Å². The highest BCUT2D eigenvalue weighted by Crippen LogP contribution is 2.35. The molecule has 4 N–H and O–H groups in total. The van der Waals surface area contributed by atoms with E-state index < -0.39 is 11.4 Å². The van der Waals surface area contributed by atoms with Crippen LogP contribution in [-0.2, 0) is 0 Å². The summed E-state index contributed by atoms with van der Waals surface area (Å²) >= 11 is 0. The highest BCUT2D eigenvalue weighted by atomic mass is 19.1. The number of rotatable bonds is 1. The van der Waals surface area contributed by atoms with Crippen molar-refractivity contribution in [1.29, 1.82) is 0 Å².